The molecule has 0 bridgehead atoms. The molecule has 0 aliphatic carbocycles. The molecule has 1 aromatic carbocycles. The third-order valence-electron chi connectivity index (χ3n) is 3.70. The number of nitrogens with zero attached hydrogens (tertiary/aromatic N) is 1. The maximum atomic E-state index is 12.4. The largest absolute Gasteiger partial charge is 0.482 e. The minimum absolute atomic E-state index is 0.114. The number of hydrogen-bond donors (Lipinski definition) is 0. The average molecular weight is 363 g/mol. The van der Waals surface area contributed by atoms with Gasteiger partial charge < -0.3 is 9.47 Å². The van der Waals surface area contributed by atoms with Crippen LogP contribution in [0.3, 0.4) is 0 Å². The smallest absolute Gasteiger partial charge is 0.344 e. The molecule has 0 unspecified atom stereocenters. The Kier molecular flexibility index (Phi) is 6.64. The zero-order valence-corrected chi connectivity index (χ0v) is 15.3. The first-order chi connectivity index (χ1) is 12.0. The minimum Gasteiger partial charge on any atom is -0.482 e. The van der Waals surface area contributed by atoms with Gasteiger partial charge in [-0.05, 0) is 55.8 Å². The van der Waals surface area contributed by atoms with Crippen molar-refractivity contribution in [2.45, 2.75) is 33.2 Å². The molecule has 0 radical (unpaired) electrons. The van der Waals surface area contributed by atoms with Crippen molar-refractivity contribution in [3.05, 3.63) is 34.7 Å². The number of amides is 2. The molecule has 0 aromatic heterocycles. The molecule has 25 heavy (non-hydrogen) atoms. The van der Waals surface area contributed by atoms with E-state index in [2.05, 4.69) is 0 Å². The summed E-state index contributed by atoms with van der Waals surface area (Å²) >= 11 is 0.950. The molecule has 7 heteroatoms. The molecule has 0 saturated carbocycles. The van der Waals surface area contributed by atoms with E-state index in [0.29, 0.717) is 17.3 Å². The molecule has 1 aliphatic rings. The Labute approximate surface area is 151 Å². The van der Waals surface area contributed by atoms with Crippen molar-refractivity contribution in [1.29, 1.82) is 0 Å². The van der Waals surface area contributed by atoms with Crippen molar-refractivity contribution < 1.29 is 23.9 Å². The first-order valence-corrected chi connectivity index (χ1v) is 8.93. The zero-order valence-electron chi connectivity index (χ0n) is 14.5. The molecule has 6 nitrogen and oxygen atoms in total. The summed E-state index contributed by atoms with van der Waals surface area (Å²) in [6.07, 6.45) is 2.40. The lowest BCUT2D eigenvalue weighted by Gasteiger charge is -2.19. The van der Waals surface area contributed by atoms with E-state index >= 15 is 0 Å². The predicted molar refractivity (Wildman–Crippen MR) is 96.1 cm³/mol. The molecule has 134 valence electrons. The minimum atomic E-state index is -0.426. The van der Waals surface area contributed by atoms with E-state index in [1.165, 1.54) is 4.90 Å². The van der Waals surface area contributed by atoms with Gasteiger partial charge in [-0.3, -0.25) is 14.5 Å². The first-order valence-electron chi connectivity index (χ1n) is 8.11. The fraction of sp³-hybridized carbons (Fsp3) is 0.389. The maximum absolute atomic E-state index is 12.4. The molecular formula is C18H21NO5S. The second-order valence-electron chi connectivity index (χ2n) is 5.47. The summed E-state index contributed by atoms with van der Waals surface area (Å²) in [7, 11) is 0. The molecule has 1 aliphatic heterocycles. The lowest BCUT2D eigenvalue weighted by atomic mass is 10.2. The Bertz CT molecular complexity index is 683. The third-order valence-corrected chi connectivity index (χ3v) is 4.58. The summed E-state index contributed by atoms with van der Waals surface area (Å²) in [5.74, 6) is -0.157. The monoisotopic (exact) mass is 363 g/mol. The SMILES string of the molecule is CCOC(=O)COc1ccc(/C=C2/SC(=O)N([C@@H](C)CC)C2=O)cc1. The predicted octanol–water partition coefficient (Wildman–Crippen LogP) is 3.46. The highest BCUT2D eigenvalue weighted by Gasteiger charge is 2.37. The van der Waals surface area contributed by atoms with Crippen LogP contribution in [0.25, 0.3) is 6.08 Å². The van der Waals surface area contributed by atoms with Crippen molar-refractivity contribution in [2.75, 3.05) is 13.2 Å². The fourth-order valence-corrected chi connectivity index (χ4v) is 3.13. The second kappa shape index (κ2) is 8.71. The molecule has 2 rings (SSSR count). The van der Waals surface area contributed by atoms with Crippen LogP contribution in [0.4, 0.5) is 4.79 Å². The summed E-state index contributed by atoms with van der Waals surface area (Å²) in [4.78, 5) is 37.3. The highest BCUT2D eigenvalue weighted by atomic mass is 32.2. The Balaban J connectivity index is 2.03. The van der Waals surface area contributed by atoms with Crippen LogP contribution in [-0.2, 0) is 14.3 Å². The second-order valence-corrected chi connectivity index (χ2v) is 6.46. The molecule has 1 saturated heterocycles. The van der Waals surface area contributed by atoms with Crippen LogP contribution in [0.15, 0.2) is 29.2 Å². The molecule has 1 atom stereocenters. The van der Waals surface area contributed by atoms with Gasteiger partial charge >= 0.3 is 5.97 Å². The molecule has 0 spiro atoms. The third kappa shape index (κ3) is 4.85. The highest BCUT2D eigenvalue weighted by molar-refractivity contribution is 8.18. The van der Waals surface area contributed by atoms with Crippen LogP contribution in [0.5, 0.6) is 5.75 Å². The van der Waals surface area contributed by atoms with Gasteiger partial charge in [-0.2, -0.15) is 0 Å². The number of ether oxygens (including phenoxy) is 2. The van der Waals surface area contributed by atoms with E-state index < -0.39 is 5.97 Å². The lowest BCUT2D eigenvalue weighted by molar-refractivity contribution is -0.145. The van der Waals surface area contributed by atoms with E-state index in [1.54, 1.807) is 37.3 Å². The van der Waals surface area contributed by atoms with E-state index in [1.807, 2.05) is 13.8 Å². The molecule has 2 amide bonds. The Hall–Kier alpha value is -2.28. The molecule has 1 heterocycles. The van der Waals surface area contributed by atoms with Gasteiger partial charge in [-0.25, -0.2) is 4.79 Å². The van der Waals surface area contributed by atoms with Gasteiger partial charge in [0.15, 0.2) is 6.61 Å². The van der Waals surface area contributed by atoms with Crippen LogP contribution in [0.1, 0.15) is 32.8 Å². The molecule has 0 N–H and O–H groups in total. The van der Waals surface area contributed by atoms with Crippen LogP contribution >= 0.6 is 11.8 Å². The van der Waals surface area contributed by atoms with Crippen LogP contribution in [0, 0.1) is 0 Å². The van der Waals surface area contributed by atoms with Crippen molar-refractivity contribution in [1.82, 2.24) is 4.90 Å². The van der Waals surface area contributed by atoms with Crippen LogP contribution in [-0.4, -0.2) is 41.3 Å². The Morgan fingerprint density at radius 2 is 1.92 bits per heavy atom. The van der Waals surface area contributed by atoms with Gasteiger partial charge in [-0.1, -0.05) is 19.1 Å². The van der Waals surface area contributed by atoms with Gasteiger partial charge in [0.2, 0.25) is 0 Å². The Morgan fingerprint density at radius 3 is 2.52 bits per heavy atom. The van der Waals surface area contributed by atoms with Gasteiger partial charge in [0.1, 0.15) is 5.75 Å². The number of carbonyl (C=O) groups excluding carboxylic acids is 3. The van der Waals surface area contributed by atoms with Gasteiger partial charge in [0.25, 0.3) is 11.1 Å². The van der Waals surface area contributed by atoms with Gasteiger partial charge in [0, 0.05) is 6.04 Å². The summed E-state index contributed by atoms with van der Waals surface area (Å²) in [5, 5.41) is -0.236. The van der Waals surface area contributed by atoms with Crippen molar-refractivity contribution in [3.8, 4) is 5.75 Å². The summed E-state index contributed by atoms with van der Waals surface area (Å²) in [6.45, 7) is 5.69. The van der Waals surface area contributed by atoms with Gasteiger partial charge in [0.05, 0.1) is 11.5 Å². The van der Waals surface area contributed by atoms with E-state index in [0.717, 1.165) is 23.7 Å². The van der Waals surface area contributed by atoms with Gasteiger partial charge in [-0.15, -0.1) is 0 Å². The maximum Gasteiger partial charge on any atom is 0.344 e. The molecule has 1 aromatic rings. The number of esters is 1. The number of benzene rings is 1. The van der Waals surface area contributed by atoms with E-state index in [4.69, 9.17) is 9.47 Å². The summed E-state index contributed by atoms with van der Waals surface area (Å²) in [6, 6.07) is 6.81. The average Bonchev–Trinajstić information content (AvgIpc) is 2.87. The number of hydrogen-bond acceptors (Lipinski definition) is 6. The number of rotatable bonds is 7. The van der Waals surface area contributed by atoms with Crippen LogP contribution in [0.2, 0.25) is 0 Å². The first kappa shape index (κ1) is 19.1. The lowest BCUT2D eigenvalue weighted by Crippen LogP contribution is -2.36. The fourth-order valence-electron chi connectivity index (χ4n) is 2.20. The van der Waals surface area contributed by atoms with Crippen molar-refractivity contribution in [2.24, 2.45) is 0 Å². The van der Waals surface area contributed by atoms with Crippen molar-refractivity contribution in [3.63, 3.8) is 0 Å². The Morgan fingerprint density at radius 1 is 1.24 bits per heavy atom. The number of thioether (sulfide) groups is 1. The topological polar surface area (TPSA) is 72.9 Å². The number of imide groups is 1. The quantitative estimate of drug-likeness (QED) is 0.546. The summed E-state index contributed by atoms with van der Waals surface area (Å²) < 4.78 is 10.1. The highest BCUT2D eigenvalue weighted by Crippen LogP contribution is 2.34. The van der Waals surface area contributed by atoms with E-state index in [-0.39, 0.29) is 23.8 Å². The van der Waals surface area contributed by atoms with E-state index in [9.17, 15) is 14.4 Å². The molecule has 1 fully saturated rings. The normalized spacial score (nSPS) is 17.1. The summed E-state index contributed by atoms with van der Waals surface area (Å²) in [5.41, 5.74) is 0.776. The molecular weight excluding hydrogens is 342 g/mol. The number of carbonyl (C=O) groups is 3. The van der Waals surface area contributed by atoms with Crippen LogP contribution < -0.4 is 4.74 Å². The zero-order chi connectivity index (χ0) is 18.4. The standard InChI is InChI=1S/C18H21NO5S/c1-4-12(3)19-17(21)15(25-18(19)22)10-13-6-8-14(9-7-13)24-11-16(20)23-5-2/h6-10,12H,4-5,11H2,1-3H3/b15-10+/t12-/m0/s1. The van der Waals surface area contributed by atoms with Crippen molar-refractivity contribution >= 4 is 35.0 Å².